The van der Waals surface area contributed by atoms with Crippen molar-refractivity contribution in [3.8, 4) is 17.0 Å². The second kappa shape index (κ2) is 8.67. The Morgan fingerprint density at radius 2 is 1.68 bits per heavy atom. The van der Waals surface area contributed by atoms with E-state index in [0.29, 0.717) is 44.5 Å². The molecular weight excluding hydrogens is 434 g/mol. The molecule has 5 aromatic rings. The minimum absolute atomic E-state index is 0.314. The fourth-order valence-electron chi connectivity index (χ4n) is 3.75. The molecule has 2 aromatic heterocycles. The summed E-state index contributed by atoms with van der Waals surface area (Å²) >= 11 is 0. The third-order valence-electron chi connectivity index (χ3n) is 5.49. The molecule has 0 atom stereocenters. The molecule has 0 bridgehead atoms. The van der Waals surface area contributed by atoms with Gasteiger partial charge in [0.2, 0.25) is 0 Å². The highest BCUT2D eigenvalue weighted by Gasteiger charge is 2.17. The zero-order chi connectivity index (χ0) is 23.7. The van der Waals surface area contributed by atoms with Crippen molar-refractivity contribution in [3.63, 3.8) is 0 Å². The molecule has 0 radical (unpaired) electrons. The maximum absolute atomic E-state index is 13.0. The Hall–Kier alpha value is -4.72. The normalized spacial score (nSPS) is 11.0. The molecule has 2 N–H and O–H groups in total. The third-order valence-corrected chi connectivity index (χ3v) is 5.49. The van der Waals surface area contributed by atoms with Crippen LogP contribution in [0, 0.1) is 0 Å². The fraction of sp³-hybridized carbons (Fsp3) is 0.0769. The van der Waals surface area contributed by atoms with Crippen LogP contribution in [0.1, 0.15) is 20.7 Å². The number of esters is 1. The van der Waals surface area contributed by atoms with Crippen LogP contribution in [0.15, 0.2) is 77.6 Å². The van der Waals surface area contributed by atoms with Gasteiger partial charge in [0, 0.05) is 16.5 Å². The molecule has 34 heavy (non-hydrogen) atoms. The number of H-pyrrole nitrogens is 2. The van der Waals surface area contributed by atoms with E-state index in [-0.39, 0.29) is 11.5 Å². The van der Waals surface area contributed by atoms with E-state index in [4.69, 9.17) is 9.47 Å². The lowest BCUT2D eigenvalue weighted by molar-refractivity contribution is 0.0476. The molecule has 0 spiro atoms. The van der Waals surface area contributed by atoms with Crippen LogP contribution in [0.3, 0.4) is 0 Å². The molecule has 3 aromatic carbocycles. The Balaban J connectivity index is 1.42. The number of nitrogens with one attached hydrogen (secondary N) is 2. The number of hydrogen-bond donors (Lipinski definition) is 2. The molecule has 0 aliphatic heterocycles. The lowest BCUT2D eigenvalue weighted by Gasteiger charge is -2.10. The molecule has 0 aliphatic rings. The first-order valence-electron chi connectivity index (χ1n) is 10.5. The van der Waals surface area contributed by atoms with Gasteiger partial charge in [0.05, 0.1) is 34.9 Å². The van der Waals surface area contributed by atoms with Gasteiger partial charge in [-0.2, -0.15) is 0 Å². The van der Waals surface area contributed by atoms with Crippen LogP contribution in [0.25, 0.3) is 33.2 Å². The standard InChI is InChI=1S/C26H19N3O5/c1-33-17-9-6-15(7-10-17)22-13-19(18-4-2-3-5-20(18)27-22)25(31)34-14-24(30)16-8-11-21-23(12-16)29-26(32)28-21/h2-13H,14H2,1H3,(H2,28,29,32). The summed E-state index contributed by atoms with van der Waals surface area (Å²) in [5.41, 5.74) is 3.43. The van der Waals surface area contributed by atoms with E-state index in [1.807, 2.05) is 42.5 Å². The highest BCUT2D eigenvalue weighted by molar-refractivity contribution is 6.06. The molecule has 8 nitrogen and oxygen atoms in total. The first-order chi connectivity index (χ1) is 16.5. The van der Waals surface area contributed by atoms with Crippen LogP contribution in [0.4, 0.5) is 0 Å². The predicted octanol–water partition coefficient (Wildman–Crippen LogP) is 4.12. The number of nitrogens with zero attached hydrogens (tertiary/aromatic N) is 1. The zero-order valence-electron chi connectivity index (χ0n) is 18.1. The second-order valence-electron chi connectivity index (χ2n) is 7.64. The number of pyridine rings is 1. The van der Waals surface area contributed by atoms with Gasteiger partial charge >= 0.3 is 11.7 Å². The van der Waals surface area contributed by atoms with Gasteiger partial charge in [-0.3, -0.25) is 4.79 Å². The largest absolute Gasteiger partial charge is 0.497 e. The molecule has 0 amide bonds. The summed E-state index contributed by atoms with van der Waals surface area (Å²) < 4.78 is 10.6. The van der Waals surface area contributed by atoms with Crippen molar-refractivity contribution >= 4 is 33.7 Å². The average molecular weight is 453 g/mol. The summed E-state index contributed by atoms with van der Waals surface area (Å²) in [6, 6.07) is 21.0. The van der Waals surface area contributed by atoms with E-state index in [9.17, 15) is 14.4 Å². The Bertz CT molecular complexity index is 1600. The summed E-state index contributed by atoms with van der Waals surface area (Å²) in [5.74, 6) is -0.298. The topological polar surface area (TPSA) is 114 Å². The number of fused-ring (bicyclic) bond motifs is 2. The highest BCUT2D eigenvalue weighted by atomic mass is 16.5. The maximum atomic E-state index is 13.0. The molecule has 168 valence electrons. The van der Waals surface area contributed by atoms with Gasteiger partial charge in [-0.1, -0.05) is 18.2 Å². The highest BCUT2D eigenvalue weighted by Crippen LogP contribution is 2.27. The predicted molar refractivity (Wildman–Crippen MR) is 127 cm³/mol. The first kappa shape index (κ1) is 21.1. The van der Waals surface area contributed by atoms with Gasteiger partial charge in [0.25, 0.3) is 0 Å². The van der Waals surface area contributed by atoms with Crippen molar-refractivity contribution in [2.45, 2.75) is 0 Å². The molecule has 0 saturated heterocycles. The Morgan fingerprint density at radius 1 is 0.912 bits per heavy atom. The van der Waals surface area contributed by atoms with Crippen molar-refractivity contribution in [2.24, 2.45) is 0 Å². The first-order valence-corrected chi connectivity index (χ1v) is 10.5. The number of rotatable bonds is 6. The van der Waals surface area contributed by atoms with Crippen molar-refractivity contribution in [2.75, 3.05) is 13.7 Å². The number of hydrogen-bond acceptors (Lipinski definition) is 6. The quantitative estimate of drug-likeness (QED) is 0.295. The van der Waals surface area contributed by atoms with E-state index in [1.165, 1.54) is 0 Å². The van der Waals surface area contributed by atoms with Crippen LogP contribution in [0.2, 0.25) is 0 Å². The Morgan fingerprint density at radius 3 is 2.47 bits per heavy atom. The molecule has 0 unspecified atom stereocenters. The second-order valence-corrected chi connectivity index (χ2v) is 7.64. The third kappa shape index (κ3) is 4.04. The van der Waals surface area contributed by atoms with Gasteiger partial charge in [0.15, 0.2) is 12.4 Å². The molecule has 0 fully saturated rings. The minimum Gasteiger partial charge on any atom is -0.497 e. The summed E-state index contributed by atoms with van der Waals surface area (Å²) in [6.45, 7) is -0.437. The zero-order valence-corrected chi connectivity index (χ0v) is 18.1. The average Bonchev–Trinajstić information content (AvgIpc) is 3.25. The van der Waals surface area contributed by atoms with Crippen molar-refractivity contribution in [3.05, 3.63) is 94.4 Å². The van der Waals surface area contributed by atoms with Crippen LogP contribution >= 0.6 is 0 Å². The van der Waals surface area contributed by atoms with E-state index in [1.54, 1.807) is 37.4 Å². The van der Waals surface area contributed by atoms with Crippen LogP contribution < -0.4 is 10.4 Å². The number of ether oxygens (including phenoxy) is 2. The van der Waals surface area contributed by atoms with Crippen molar-refractivity contribution < 1.29 is 19.1 Å². The van der Waals surface area contributed by atoms with Gasteiger partial charge < -0.3 is 19.4 Å². The summed E-state index contributed by atoms with van der Waals surface area (Å²) in [5, 5.41) is 0.628. The van der Waals surface area contributed by atoms with Crippen molar-refractivity contribution in [1.29, 1.82) is 0 Å². The molecular formula is C26H19N3O5. The number of carbonyl (C=O) groups excluding carboxylic acids is 2. The lowest BCUT2D eigenvalue weighted by atomic mass is 10.0. The molecule has 8 heteroatoms. The number of imidazole rings is 1. The number of aromatic nitrogens is 3. The van der Waals surface area contributed by atoms with Gasteiger partial charge in [-0.25, -0.2) is 14.6 Å². The number of Topliss-reactive ketones (excluding diaryl/α,β-unsaturated/α-hetero) is 1. The number of methoxy groups -OCH3 is 1. The molecule has 0 aliphatic carbocycles. The monoisotopic (exact) mass is 453 g/mol. The van der Waals surface area contributed by atoms with E-state index >= 15 is 0 Å². The number of carbonyl (C=O) groups is 2. The Labute approximate surface area is 193 Å². The van der Waals surface area contributed by atoms with Crippen LogP contribution in [-0.4, -0.2) is 40.4 Å². The maximum Gasteiger partial charge on any atom is 0.339 e. The number of aromatic amines is 2. The minimum atomic E-state index is -0.627. The molecule has 0 saturated carbocycles. The molecule has 5 rings (SSSR count). The molecule has 2 heterocycles. The smallest absolute Gasteiger partial charge is 0.339 e. The fourth-order valence-corrected chi connectivity index (χ4v) is 3.75. The number of para-hydroxylation sites is 1. The Kier molecular flexibility index (Phi) is 5.39. The summed E-state index contributed by atoms with van der Waals surface area (Å²) in [7, 11) is 1.59. The van der Waals surface area contributed by atoms with Crippen molar-refractivity contribution in [1.82, 2.24) is 15.0 Å². The summed E-state index contributed by atoms with van der Waals surface area (Å²) in [6.07, 6.45) is 0. The van der Waals surface area contributed by atoms with Gasteiger partial charge in [-0.05, 0) is 54.6 Å². The van der Waals surface area contributed by atoms with Gasteiger partial charge in [0.1, 0.15) is 5.75 Å². The number of ketones is 1. The SMILES string of the molecule is COc1ccc(-c2cc(C(=O)OCC(=O)c3ccc4[nH]c(=O)[nH]c4c3)c3ccccc3n2)cc1. The van der Waals surface area contributed by atoms with E-state index in [0.717, 1.165) is 5.56 Å². The van der Waals surface area contributed by atoms with E-state index < -0.39 is 12.6 Å². The number of benzene rings is 3. The lowest BCUT2D eigenvalue weighted by Crippen LogP contribution is -2.15. The van der Waals surface area contributed by atoms with E-state index in [2.05, 4.69) is 15.0 Å². The van der Waals surface area contributed by atoms with Gasteiger partial charge in [-0.15, -0.1) is 0 Å². The summed E-state index contributed by atoms with van der Waals surface area (Å²) in [4.78, 5) is 47.0. The van der Waals surface area contributed by atoms with Crippen LogP contribution in [0.5, 0.6) is 5.75 Å². The van der Waals surface area contributed by atoms with Crippen LogP contribution in [-0.2, 0) is 4.74 Å².